The highest BCUT2D eigenvalue weighted by Crippen LogP contribution is 2.30. The van der Waals surface area contributed by atoms with Gasteiger partial charge in [-0.3, -0.25) is 4.79 Å². The van der Waals surface area contributed by atoms with Gasteiger partial charge in [0.25, 0.3) is 5.91 Å². The summed E-state index contributed by atoms with van der Waals surface area (Å²) < 4.78 is 0. The first-order chi connectivity index (χ1) is 16.2. The Balaban J connectivity index is 1.43. The van der Waals surface area contributed by atoms with Crippen LogP contribution in [0.5, 0.6) is 0 Å². The molecule has 0 radical (unpaired) electrons. The van der Waals surface area contributed by atoms with Crippen molar-refractivity contribution in [3.05, 3.63) is 90.0 Å². The van der Waals surface area contributed by atoms with Crippen LogP contribution in [0.1, 0.15) is 22.3 Å². The minimum absolute atomic E-state index is 0.00535. The highest BCUT2D eigenvalue weighted by molar-refractivity contribution is 5.94. The largest absolute Gasteiger partial charge is 0.353 e. The third-order valence-corrected chi connectivity index (χ3v) is 5.94. The van der Waals surface area contributed by atoms with Gasteiger partial charge in [0, 0.05) is 37.3 Å². The van der Waals surface area contributed by atoms with Crippen LogP contribution in [0.2, 0.25) is 0 Å². The number of hydrogen-bond donors (Lipinski definition) is 0. The van der Waals surface area contributed by atoms with Gasteiger partial charge in [0.05, 0.1) is 22.7 Å². The molecular formula is C27H23N5O. The zero-order valence-electron chi connectivity index (χ0n) is 18.2. The van der Waals surface area contributed by atoms with E-state index in [0.29, 0.717) is 30.8 Å². The number of nitrogens with zero attached hydrogens (tertiary/aromatic N) is 5. The third kappa shape index (κ3) is 4.26. The fourth-order valence-corrected chi connectivity index (χ4v) is 4.20. The van der Waals surface area contributed by atoms with Crippen LogP contribution >= 0.6 is 0 Å². The van der Waals surface area contributed by atoms with E-state index in [9.17, 15) is 4.79 Å². The van der Waals surface area contributed by atoms with E-state index >= 15 is 0 Å². The van der Waals surface area contributed by atoms with E-state index in [-0.39, 0.29) is 5.91 Å². The van der Waals surface area contributed by atoms with Crippen LogP contribution in [-0.4, -0.2) is 47.0 Å². The second kappa shape index (κ2) is 9.09. The fourth-order valence-electron chi connectivity index (χ4n) is 4.20. The van der Waals surface area contributed by atoms with Crippen molar-refractivity contribution in [3.8, 4) is 17.3 Å². The molecule has 1 fully saturated rings. The SMILES string of the molecule is N#Cc1ccc(C(=O)N2CCCN(c3nc4ccccc4nc3-c3ccccc3)CC2)cc1. The minimum Gasteiger partial charge on any atom is -0.353 e. The van der Waals surface area contributed by atoms with Gasteiger partial charge in [0.15, 0.2) is 5.82 Å². The van der Waals surface area contributed by atoms with Crippen molar-refractivity contribution in [1.29, 1.82) is 5.26 Å². The van der Waals surface area contributed by atoms with E-state index in [0.717, 1.165) is 41.1 Å². The van der Waals surface area contributed by atoms with Crippen LogP contribution in [0.4, 0.5) is 5.82 Å². The molecule has 1 aromatic heterocycles. The number of nitriles is 1. The van der Waals surface area contributed by atoms with Crippen LogP contribution < -0.4 is 4.90 Å². The molecule has 0 saturated carbocycles. The minimum atomic E-state index is -0.00535. The number of carbonyl (C=O) groups excluding carboxylic acids is 1. The zero-order chi connectivity index (χ0) is 22.6. The average molecular weight is 434 g/mol. The molecule has 2 heterocycles. The lowest BCUT2D eigenvalue weighted by atomic mass is 10.1. The quantitative estimate of drug-likeness (QED) is 0.475. The van der Waals surface area contributed by atoms with Crippen LogP contribution in [0.15, 0.2) is 78.9 Å². The number of para-hydroxylation sites is 2. The molecule has 33 heavy (non-hydrogen) atoms. The van der Waals surface area contributed by atoms with Gasteiger partial charge >= 0.3 is 0 Å². The summed E-state index contributed by atoms with van der Waals surface area (Å²) in [7, 11) is 0. The molecular weight excluding hydrogens is 410 g/mol. The van der Waals surface area contributed by atoms with Crippen molar-refractivity contribution in [2.75, 3.05) is 31.1 Å². The average Bonchev–Trinajstić information content (AvgIpc) is 3.14. The molecule has 1 aliphatic rings. The van der Waals surface area contributed by atoms with E-state index in [1.54, 1.807) is 24.3 Å². The summed E-state index contributed by atoms with van der Waals surface area (Å²) in [6.45, 7) is 2.75. The van der Waals surface area contributed by atoms with Crippen molar-refractivity contribution in [1.82, 2.24) is 14.9 Å². The highest BCUT2D eigenvalue weighted by atomic mass is 16.2. The Kier molecular flexibility index (Phi) is 5.69. The number of anilines is 1. The maximum atomic E-state index is 13.1. The number of fused-ring (bicyclic) bond motifs is 1. The van der Waals surface area contributed by atoms with Crippen molar-refractivity contribution in [3.63, 3.8) is 0 Å². The summed E-state index contributed by atoms with van der Waals surface area (Å²) in [6, 6.07) is 27.0. The van der Waals surface area contributed by atoms with E-state index < -0.39 is 0 Å². The van der Waals surface area contributed by atoms with Gasteiger partial charge in [0.1, 0.15) is 5.69 Å². The van der Waals surface area contributed by atoms with E-state index in [1.807, 2.05) is 47.4 Å². The Hall–Kier alpha value is -4.24. The van der Waals surface area contributed by atoms with Gasteiger partial charge < -0.3 is 9.80 Å². The summed E-state index contributed by atoms with van der Waals surface area (Å²) in [5, 5.41) is 9.00. The molecule has 4 aromatic rings. The number of benzene rings is 3. The molecule has 0 N–H and O–H groups in total. The third-order valence-electron chi connectivity index (χ3n) is 5.94. The van der Waals surface area contributed by atoms with E-state index in [4.69, 9.17) is 15.2 Å². The lowest BCUT2D eigenvalue weighted by molar-refractivity contribution is 0.0767. The predicted molar refractivity (Wildman–Crippen MR) is 129 cm³/mol. The molecule has 6 nitrogen and oxygen atoms in total. The van der Waals surface area contributed by atoms with Crippen LogP contribution in [-0.2, 0) is 0 Å². The number of amides is 1. The van der Waals surface area contributed by atoms with Gasteiger partial charge in [-0.2, -0.15) is 5.26 Å². The highest BCUT2D eigenvalue weighted by Gasteiger charge is 2.24. The number of hydrogen-bond acceptors (Lipinski definition) is 5. The van der Waals surface area contributed by atoms with Gasteiger partial charge in [0.2, 0.25) is 0 Å². The Morgan fingerprint density at radius 2 is 1.48 bits per heavy atom. The molecule has 0 aliphatic carbocycles. The van der Waals surface area contributed by atoms with Gasteiger partial charge in [-0.15, -0.1) is 0 Å². The Morgan fingerprint density at radius 1 is 0.788 bits per heavy atom. The fraction of sp³-hybridized carbons (Fsp3) is 0.185. The summed E-state index contributed by atoms with van der Waals surface area (Å²) >= 11 is 0. The molecule has 0 bridgehead atoms. The molecule has 1 aliphatic heterocycles. The second-order valence-corrected chi connectivity index (χ2v) is 8.07. The molecule has 1 amide bonds. The molecule has 6 heteroatoms. The lowest BCUT2D eigenvalue weighted by Crippen LogP contribution is -2.35. The van der Waals surface area contributed by atoms with Crippen molar-refractivity contribution in [2.24, 2.45) is 0 Å². The van der Waals surface area contributed by atoms with Crippen molar-refractivity contribution >= 4 is 22.8 Å². The van der Waals surface area contributed by atoms with Crippen LogP contribution in [0.25, 0.3) is 22.3 Å². The van der Waals surface area contributed by atoms with Gasteiger partial charge in [-0.25, -0.2) is 9.97 Å². The van der Waals surface area contributed by atoms with E-state index in [1.165, 1.54) is 0 Å². The molecule has 1 saturated heterocycles. The second-order valence-electron chi connectivity index (χ2n) is 8.07. The standard InChI is InChI=1S/C27H23N5O/c28-19-20-11-13-22(14-12-20)27(33)32-16-6-15-31(17-18-32)26-25(21-7-2-1-3-8-21)29-23-9-4-5-10-24(23)30-26/h1-5,7-14H,6,15-18H2. The first-order valence-electron chi connectivity index (χ1n) is 11.1. The Bertz CT molecular complexity index is 1330. The predicted octanol–water partition coefficient (Wildman–Crippen LogP) is 4.52. The lowest BCUT2D eigenvalue weighted by Gasteiger charge is -2.25. The molecule has 162 valence electrons. The maximum absolute atomic E-state index is 13.1. The molecule has 0 unspecified atom stereocenters. The van der Waals surface area contributed by atoms with Crippen LogP contribution in [0, 0.1) is 11.3 Å². The molecule has 0 atom stereocenters. The zero-order valence-corrected chi connectivity index (χ0v) is 18.2. The normalized spacial score (nSPS) is 14.0. The Labute approximate surface area is 192 Å². The van der Waals surface area contributed by atoms with Crippen LogP contribution in [0.3, 0.4) is 0 Å². The van der Waals surface area contributed by atoms with Gasteiger partial charge in [-0.1, -0.05) is 42.5 Å². The smallest absolute Gasteiger partial charge is 0.253 e. The summed E-state index contributed by atoms with van der Waals surface area (Å²) in [5.41, 5.74) is 4.78. The molecule has 5 rings (SSSR count). The Morgan fingerprint density at radius 3 is 2.21 bits per heavy atom. The van der Waals surface area contributed by atoms with Crippen molar-refractivity contribution in [2.45, 2.75) is 6.42 Å². The first-order valence-corrected chi connectivity index (χ1v) is 11.1. The molecule has 0 spiro atoms. The van der Waals surface area contributed by atoms with Crippen molar-refractivity contribution < 1.29 is 4.79 Å². The van der Waals surface area contributed by atoms with E-state index in [2.05, 4.69) is 23.1 Å². The summed E-state index contributed by atoms with van der Waals surface area (Å²) in [5.74, 6) is 0.849. The topological polar surface area (TPSA) is 73.1 Å². The number of carbonyl (C=O) groups is 1. The summed E-state index contributed by atoms with van der Waals surface area (Å²) in [6.07, 6.45) is 0.838. The maximum Gasteiger partial charge on any atom is 0.253 e. The molecule has 3 aromatic carbocycles. The summed E-state index contributed by atoms with van der Waals surface area (Å²) in [4.78, 5) is 27.1. The van der Waals surface area contributed by atoms with Gasteiger partial charge in [-0.05, 0) is 42.8 Å². The number of rotatable bonds is 3. The first kappa shape index (κ1) is 20.7. The monoisotopic (exact) mass is 433 g/mol. The number of aromatic nitrogens is 2.